The fraction of sp³-hybridized carbons (Fsp3) is 1.00. The third-order valence-corrected chi connectivity index (χ3v) is 5.77. The van der Waals surface area contributed by atoms with Gasteiger partial charge in [0, 0.05) is 6.42 Å². The Bertz CT molecular complexity index is 241. The highest BCUT2D eigenvalue weighted by Gasteiger charge is 2.33. The van der Waals surface area contributed by atoms with E-state index < -0.39 is 23.9 Å². The minimum Gasteiger partial charge on any atom is -0.423 e. The van der Waals surface area contributed by atoms with E-state index >= 15 is 0 Å². The molecule has 0 saturated carbocycles. The van der Waals surface area contributed by atoms with Crippen molar-refractivity contribution in [3.05, 3.63) is 0 Å². The van der Waals surface area contributed by atoms with Crippen LogP contribution in [0.15, 0.2) is 0 Å². The summed E-state index contributed by atoms with van der Waals surface area (Å²) in [5.74, 6) is -0.426. The molecule has 0 bridgehead atoms. The molecule has 0 rings (SSSR count). The van der Waals surface area contributed by atoms with E-state index in [0.717, 1.165) is 16.9 Å². The van der Waals surface area contributed by atoms with Gasteiger partial charge in [-0.05, 0) is 32.6 Å². The smallest absolute Gasteiger partial charge is 0.174 e. The Labute approximate surface area is 145 Å². The van der Waals surface area contributed by atoms with Crippen LogP contribution in [0.4, 0.5) is 0 Å². The Morgan fingerprint density at radius 2 is 1.23 bits per heavy atom. The fourth-order valence-corrected chi connectivity index (χ4v) is 5.65. The van der Waals surface area contributed by atoms with Crippen molar-refractivity contribution >= 4 is 28.6 Å². The summed E-state index contributed by atoms with van der Waals surface area (Å²) in [4.78, 5) is 0. The molecule has 0 spiro atoms. The molecule has 0 aromatic carbocycles. The minimum absolute atomic E-state index is 0.426. The second-order valence-corrected chi connectivity index (χ2v) is 12.1. The molecule has 0 saturated heterocycles. The van der Waals surface area contributed by atoms with E-state index in [1.807, 2.05) is 0 Å². The maximum atomic E-state index is 6.30. The molecule has 0 fully saturated rings. The first kappa shape index (κ1) is 22.5. The van der Waals surface area contributed by atoms with Crippen LogP contribution in [0.5, 0.6) is 0 Å². The van der Waals surface area contributed by atoms with Gasteiger partial charge in [0.15, 0.2) is 23.9 Å². The molecule has 0 aliphatic carbocycles. The molecule has 0 amide bonds. The lowest BCUT2D eigenvalue weighted by atomic mass is 10.0. The van der Waals surface area contributed by atoms with Gasteiger partial charge < -0.3 is 13.3 Å². The predicted octanol–water partition coefficient (Wildman–Crippen LogP) is 3.51. The maximum Gasteiger partial charge on any atom is 0.174 e. The van der Waals surface area contributed by atoms with Crippen molar-refractivity contribution in [2.45, 2.75) is 96.7 Å². The van der Waals surface area contributed by atoms with Crippen LogP contribution in [0.25, 0.3) is 0 Å². The molecule has 134 valence electrons. The summed E-state index contributed by atoms with van der Waals surface area (Å²) in [5, 5.41) is 0. The predicted molar refractivity (Wildman–Crippen MR) is 106 cm³/mol. The van der Waals surface area contributed by atoms with Gasteiger partial charge in [-0.15, -0.1) is 0 Å². The minimum atomic E-state index is -1.13. The summed E-state index contributed by atoms with van der Waals surface area (Å²) in [6, 6.07) is 0. The number of rotatable bonds is 15. The standard InChI is InChI=1S/C16H40O3Si3/c1-6-7-8-9-10-11-12-13-14-16(15-17-20,18-21(2)3)19-22(4)5/h21-22H,6-15H2,1-5,20H3. The first-order valence-corrected chi connectivity index (χ1v) is 15.7. The molecule has 0 unspecified atom stereocenters. The highest BCUT2D eigenvalue weighted by molar-refractivity contribution is 6.49. The molecule has 22 heavy (non-hydrogen) atoms. The van der Waals surface area contributed by atoms with E-state index in [4.69, 9.17) is 13.3 Å². The Morgan fingerprint density at radius 1 is 0.773 bits per heavy atom. The average Bonchev–Trinajstić information content (AvgIpc) is 2.40. The van der Waals surface area contributed by atoms with Crippen LogP contribution in [0.2, 0.25) is 26.2 Å². The highest BCUT2D eigenvalue weighted by atomic mass is 28.3. The Morgan fingerprint density at radius 3 is 1.64 bits per heavy atom. The lowest BCUT2D eigenvalue weighted by molar-refractivity contribution is -0.149. The first-order valence-electron chi connectivity index (χ1n) is 9.30. The van der Waals surface area contributed by atoms with E-state index in [0.29, 0.717) is 6.61 Å². The molecule has 0 aliphatic heterocycles. The van der Waals surface area contributed by atoms with Gasteiger partial charge in [0.2, 0.25) is 0 Å². The zero-order valence-electron chi connectivity index (χ0n) is 16.0. The molecule has 0 radical (unpaired) electrons. The van der Waals surface area contributed by atoms with Gasteiger partial charge in [-0.1, -0.05) is 51.9 Å². The molecule has 0 atom stereocenters. The number of hydrogen-bond donors (Lipinski definition) is 0. The summed E-state index contributed by atoms with van der Waals surface area (Å²) in [6.07, 6.45) is 11.7. The van der Waals surface area contributed by atoms with Gasteiger partial charge in [-0.3, -0.25) is 0 Å². The zero-order valence-corrected chi connectivity index (χ0v) is 20.3. The monoisotopic (exact) mass is 364 g/mol. The topological polar surface area (TPSA) is 27.7 Å². The Balaban J connectivity index is 4.15. The molecule has 0 aliphatic rings. The molecular weight excluding hydrogens is 324 g/mol. The van der Waals surface area contributed by atoms with Gasteiger partial charge in [0.25, 0.3) is 0 Å². The molecule has 3 nitrogen and oxygen atoms in total. The second kappa shape index (κ2) is 13.9. The van der Waals surface area contributed by atoms with Crippen molar-refractivity contribution in [1.29, 1.82) is 0 Å². The largest absolute Gasteiger partial charge is 0.423 e. The second-order valence-electron chi connectivity index (χ2n) is 6.90. The van der Waals surface area contributed by atoms with E-state index in [-0.39, 0.29) is 0 Å². The van der Waals surface area contributed by atoms with E-state index in [9.17, 15) is 0 Å². The highest BCUT2D eigenvalue weighted by Crippen LogP contribution is 2.25. The zero-order chi connectivity index (χ0) is 16.8. The van der Waals surface area contributed by atoms with Crippen LogP contribution in [-0.2, 0) is 13.3 Å². The van der Waals surface area contributed by atoms with Gasteiger partial charge in [0.05, 0.1) is 6.61 Å². The molecular formula is C16H40O3Si3. The van der Waals surface area contributed by atoms with Crippen molar-refractivity contribution in [3.8, 4) is 0 Å². The molecule has 0 heterocycles. The van der Waals surface area contributed by atoms with Crippen LogP contribution < -0.4 is 0 Å². The third-order valence-electron chi connectivity index (χ3n) is 3.68. The van der Waals surface area contributed by atoms with Crippen LogP contribution in [0, 0.1) is 0 Å². The van der Waals surface area contributed by atoms with Crippen LogP contribution >= 0.6 is 0 Å². The first-order chi connectivity index (χ1) is 10.5. The molecule has 0 aromatic heterocycles. The van der Waals surface area contributed by atoms with Crippen LogP contribution in [0.3, 0.4) is 0 Å². The van der Waals surface area contributed by atoms with Gasteiger partial charge in [0.1, 0.15) is 10.5 Å². The summed E-state index contributed by atoms with van der Waals surface area (Å²) in [5.41, 5.74) is 0. The lowest BCUT2D eigenvalue weighted by Crippen LogP contribution is -2.46. The van der Waals surface area contributed by atoms with Crippen molar-refractivity contribution < 1.29 is 13.3 Å². The van der Waals surface area contributed by atoms with Crippen molar-refractivity contribution in [2.24, 2.45) is 0 Å². The van der Waals surface area contributed by atoms with E-state index in [2.05, 4.69) is 33.1 Å². The van der Waals surface area contributed by atoms with Crippen LogP contribution in [-0.4, -0.2) is 41.0 Å². The summed E-state index contributed by atoms with van der Waals surface area (Å²) < 4.78 is 18.2. The quantitative estimate of drug-likeness (QED) is 0.253. The number of unbranched alkanes of at least 4 members (excludes halogenated alkanes) is 7. The normalized spacial score (nSPS) is 12.7. The Kier molecular flexibility index (Phi) is 14.3. The summed E-state index contributed by atoms with van der Waals surface area (Å²) >= 11 is 0. The maximum absolute atomic E-state index is 6.30. The number of hydrogen-bond acceptors (Lipinski definition) is 3. The van der Waals surface area contributed by atoms with Crippen molar-refractivity contribution in [2.75, 3.05) is 6.61 Å². The van der Waals surface area contributed by atoms with Gasteiger partial charge >= 0.3 is 0 Å². The van der Waals surface area contributed by atoms with Gasteiger partial charge in [-0.25, -0.2) is 0 Å². The SMILES string of the molecule is CCCCCCCCCCC(CO[SiH3])(O[SiH](C)C)O[SiH](C)C. The fourth-order valence-electron chi connectivity index (χ4n) is 2.89. The molecule has 0 N–H and O–H groups in total. The molecule has 0 aromatic rings. The van der Waals surface area contributed by atoms with E-state index in [1.165, 1.54) is 51.4 Å². The summed E-state index contributed by atoms with van der Waals surface area (Å²) in [7, 11) is -1.51. The average molecular weight is 365 g/mol. The van der Waals surface area contributed by atoms with Crippen molar-refractivity contribution in [1.82, 2.24) is 0 Å². The van der Waals surface area contributed by atoms with Crippen LogP contribution in [0.1, 0.15) is 64.7 Å². The summed E-state index contributed by atoms with van der Waals surface area (Å²) in [6.45, 7) is 11.8. The van der Waals surface area contributed by atoms with E-state index in [1.54, 1.807) is 0 Å². The van der Waals surface area contributed by atoms with Gasteiger partial charge in [-0.2, -0.15) is 0 Å². The third kappa shape index (κ3) is 12.0. The Hall–Kier alpha value is 0.531. The van der Waals surface area contributed by atoms with Crippen molar-refractivity contribution in [3.63, 3.8) is 0 Å². The lowest BCUT2D eigenvalue weighted by Gasteiger charge is -2.37. The molecule has 6 heteroatoms.